The topological polar surface area (TPSA) is 23.1 Å². The van der Waals surface area contributed by atoms with Gasteiger partial charge in [-0.15, -0.1) is 0 Å². The molecule has 0 aliphatic rings. The van der Waals surface area contributed by atoms with Crippen LogP contribution in [-0.4, -0.2) is 31.4 Å². The van der Waals surface area contributed by atoms with Crippen molar-refractivity contribution in [2.75, 3.05) is 0 Å². The first-order valence-corrected chi connectivity index (χ1v) is 8.89. The third kappa shape index (κ3) is 4.54. The van der Waals surface area contributed by atoms with E-state index >= 15 is 0 Å². The normalized spacial score (nSPS) is 10.6. The molecule has 0 N–H and O–H groups in total. The van der Waals surface area contributed by atoms with E-state index in [4.69, 9.17) is 0 Å². The van der Waals surface area contributed by atoms with Gasteiger partial charge in [0.05, 0.1) is 8.32 Å². The quantitative estimate of drug-likeness (QED) is 0.348. The van der Waals surface area contributed by atoms with Crippen molar-refractivity contribution in [2.24, 2.45) is 0 Å². The molecular formula is C18H12BrF3MgOSi. The minimum absolute atomic E-state index is 0. The number of benzene rings is 3. The summed E-state index contributed by atoms with van der Waals surface area (Å²) in [7, 11) is -3.94. The summed E-state index contributed by atoms with van der Waals surface area (Å²) in [6, 6.07) is 16.0. The van der Waals surface area contributed by atoms with Gasteiger partial charge in [0.2, 0.25) is 0 Å². The van der Waals surface area contributed by atoms with Crippen molar-refractivity contribution in [1.82, 2.24) is 0 Å². The second-order valence-electron chi connectivity index (χ2n) is 5.21. The molecule has 3 rings (SSSR count). The molecule has 0 saturated carbocycles. The van der Waals surface area contributed by atoms with Gasteiger partial charge < -0.3 is 21.8 Å². The van der Waals surface area contributed by atoms with Crippen LogP contribution >= 0.6 is 0 Å². The molecule has 0 fully saturated rings. The van der Waals surface area contributed by atoms with Crippen molar-refractivity contribution in [1.29, 1.82) is 0 Å². The standard InChI is InChI=1S/C18H12F3OSi.BrH.Mg/c19-13-4-1-7-16(10-13)23(22,17-8-2-5-14(20)11-17)18-9-3-6-15(21)12-18;;/h1-12H;1H;/q-1;;+2/p-1. The second kappa shape index (κ2) is 9.00. The minimum atomic E-state index is -3.94. The summed E-state index contributed by atoms with van der Waals surface area (Å²) in [5.41, 5.74) is 0. The molecule has 0 radical (unpaired) electrons. The molecule has 0 bridgehead atoms. The molecule has 3 aromatic carbocycles. The van der Waals surface area contributed by atoms with Crippen LogP contribution in [0.5, 0.6) is 0 Å². The van der Waals surface area contributed by atoms with Crippen molar-refractivity contribution in [3.05, 3.63) is 90.2 Å². The molecule has 0 spiro atoms. The average molecular weight is 434 g/mol. The van der Waals surface area contributed by atoms with Gasteiger partial charge >= 0.3 is 23.1 Å². The zero-order chi connectivity index (χ0) is 16.4. The summed E-state index contributed by atoms with van der Waals surface area (Å²) in [5.74, 6) is -1.66. The molecular weight excluding hydrogens is 421 g/mol. The molecule has 0 heterocycles. The summed E-state index contributed by atoms with van der Waals surface area (Å²) in [5, 5.41) is 0.649. The van der Waals surface area contributed by atoms with E-state index < -0.39 is 25.8 Å². The van der Waals surface area contributed by atoms with Gasteiger partial charge in [-0.3, -0.25) is 0 Å². The Morgan fingerprint density at radius 2 is 0.880 bits per heavy atom. The number of hydrogen-bond donors (Lipinski definition) is 0. The Hall–Kier alpha value is -1.13. The predicted molar refractivity (Wildman–Crippen MR) is 89.6 cm³/mol. The first kappa shape index (κ1) is 21.9. The summed E-state index contributed by atoms with van der Waals surface area (Å²) >= 11 is 0. The molecule has 0 atom stereocenters. The molecule has 0 aliphatic carbocycles. The molecule has 0 saturated heterocycles. The number of hydrogen-bond acceptors (Lipinski definition) is 1. The van der Waals surface area contributed by atoms with Gasteiger partial charge in [0.25, 0.3) is 0 Å². The van der Waals surface area contributed by atoms with Gasteiger partial charge in [0.15, 0.2) is 0 Å². The monoisotopic (exact) mass is 432 g/mol. The van der Waals surface area contributed by atoms with Crippen LogP contribution < -0.4 is 37.3 Å². The largest absolute Gasteiger partial charge is 2.00 e. The molecule has 0 aromatic heterocycles. The summed E-state index contributed by atoms with van der Waals surface area (Å²) in [6.07, 6.45) is 0. The fourth-order valence-electron chi connectivity index (χ4n) is 2.62. The Bertz CT molecular complexity index is 752. The van der Waals surface area contributed by atoms with E-state index in [1.807, 2.05) is 0 Å². The average Bonchev–Trinajstić information content (AvgIpc) is 2.54. The Balaban J connectivity index is 0.00000156. The zero-order valence-electron chi connectivity index (χ0n) is 13.1. The third-order valence-electron chi connectivity index (χ3n) is 3.69. The van der Waals surface area contributed by atoms with Crippen molar-refractivity contribution in [3.63, 3.8) is 0 Å². The smallest absolute Gasteiger partial charge is 1.00 e. The van der Waals surface area contributed by atoms with Crippen molar-refractivity contribution in [2.45, 2.75) is 0 Å². The van der Waals surface area contributed by atoms with E-state index in [0.717, 1.165) is 18.2 Å². The van der Waals surface area contributed by atoms with Crippen molar-refractivity contribution >= 4 is 46.9 Å². The van der Waals surface area contributed by atoms with E-state index in [0.29, 0.717) is 0 Å². The molecule has 1 nitrogen and oxygen atoms in total. The first-order chi connectivity index (χ1) is 11.0. The van der Waals surface area contributed by atoms with Gasteiger partial charge in [0.1, 0.15) is 17.5 Å². The summed E-state index contributed by atoms with van der Waals surface area (Å²) in [6.45, 7) is 0. The summed E-state index contributed by atoms with van der Waals surface area (Å²) < 4.78 is 40.9. The molecule has 0 unspecified atom stereocenters. The summed E-state index contributed by atoms with van der Waals surface area (Å²) in [4.78, 5) is 13.8. The molecule has 3 aromatic rings. The SMILES string of the molecule is [Br-].[Mg+2].[O-][Si](c1cccc(F)c1)(c1cccc(F)c1)c1cccc(F)c1. The molecule has 0 amide bonds. The fourth-order valence-corrected chi connectivity index (χ4v) is 5.64. The van der Waals surface area contributed by atoms with Crippen LogP contribution in [-0.2, 0) is 0 Å². The van der Waals surface area contributed by atoms with Crippen LogP contribution in [0, 0.1) is 17.5 Å². The van der Waals surface area contributed by atoms with Gasteiger partial charge in [-0.25, -0.2) is 13.2 Å². The van der Waals surface area contributed by atoms with Crippen LogP contribution in [0.15, 0.2) is 72.8 Å². The van der Waals surface area contributed by atoms with Crippen molar-refractivity contribution < 1.29 is 34.9 Å². The Morgan fingerprint density at radius 3 is 1.12 bits per heavy atom. The Labute approximate surface area is 171 Å². The van der Waals surface area contributed by atoms with Crippen LogP contribution in [0.2, 0.25) is 0 Å². The molecule has 25 heavy (non-hydrogen) atoms. The Morgan fingerprint density at radius 1 is 0.600 bits per heavy atom. The van der Waals surface area contributed by atoms with Gasteiger partial charge in [-0.2, -0.15) is 0 Å². The third-order valence-corrected chi connectivity index (χ3v) is 7.07. The van der Waals surface area contributed by atoms with E-state index in [1.54, 1.807) is 0 Å². The molecule has 124 valence electrons. The first-order valence-electron chi connectivity index (χ1n) is 6.99. The van der Waals surface area contributed by atoms with E-state index in [1.165, 1.54) is 54.6 Å². The van der Waals surface area contributed by atoms with Crippen LogP contribution in [0.3, 0.4) is 0 Å². The second-order valence-corrected chi connectivity index (χ2v) is 8.31. The zero-order valence-corrected chi connectivity index (χ0v) is 17.1. The molecule has 0 aliphatic heterocycles. The number of rotatable bonds is 3. The van der Waals surface area contributed by atoms with Crippen LogP contribution in [0.25, 0.3) is 0 Å². The maximum atomic E-state index is 13.8. The minimum Gasteiger partial charge on any atom is -1.00 e. The fraction of sp³-hybridized carbons (Fsp3) is 0. The Kier molecular flexibility index (Phi) is 7.89. The van der Waals surface area contributed by atoms with Gasteiger partial charge in [0, 0.05) is 0 Å². The van der Waals surface area contributed by atoms with E-state index in [9.17, 15) is 18.0 Å². The van der Waals surface area contributed by atoms with E-state index in [-0.39, 0.29) is 55.6 Å². The van der Waals surface area contributed by atoms with E-state index in [2.05, 4.69) is 0 Å². The van der Waals surface area contributed by atoms with Crippen LogP contribution in [0.1, 0.15) is 0 Å². The predicted octanol–water partition coefficient (Wildman–Crippen LogP) is -1.95. The van der Waals surface area contributed by atoms with Crippen molar-refractivity contribution in [3.8, 4) is 0 Å². The van der Waals surface area contributed by atoms with Gasteiger partial charge in [-0.1, -0.05) is 52.0 Å². The maximum Gasteiger partial charge on any atom is 2.00 e. The number of halogens is 4. The maximum absolute atomic E-state index is 13.8. The van der Waals surface area contributed by atoms with Gasteiger partial charge in [-0.05, 0) is 36.4 Å². The molecule has 7 heteroatoms. The van der Waals surface area contributed by atoms with Crippen LogP contribution in [0.4, 0.5) is 13.2 Å².